The van der Waals surface area contributed by atoms with Crippen LogP contribution in [0.5, 0.6) is 0 Å². The zero-order chi connectivity index (χ0) is 36.7. The third-order valence-corrected chi connectivity index (χ3v) is 10.7. The zero-order valence-corrected chi connectivity index (χ0v) is 30.3. The van der Waals surface area contributed by atoms with Gasteiger partial charge in [-0.05, 0) is 105 Å². The number of nitrogens with zero attached hydrogens (tertiary/aromatic N) is 3. The SMILES string of the molecule is CC1=C(c2cc(-c3ccccc3)ccc2Nc2cncc(-n3c4ccc(-c5ccccc5)cc4c4cc(-c5ccccc5)ccc43)n2)C=C1c1ccccc1. The maximum atomic E-state index is 5.24. The van der Waals surface area contributed by atoms with Gasteiger partial charge in [0.15, 0.2) is 11.6 Å². The molecule has 0 aliphatic heterocycles. The van der Waals surface area contributed by atoms with Gasteiger partial charge in [0.2, 0.25) is 0 Å². The van der Waals surface area contributed by atoms with E-state index in [9.17, 15) is 0 Å². The Balaban J connectivity index is 1.08. The molecule has 0 bridgehead atoms. The highest BCUT2D eigenvalue weighted by atomic mass is 15.1. The highest BCUT2D eigenvalue weighted by Crippen LogP contribution is 2.44. The Hall–Kier alpha value is -7.30. The van der Waals surface area contributed by atoms with Gasteiger partial charge in [-0.2, -0.15) is 0 Å². The quantitative estimate of drug-likeness (QED) is 0.171. The summed E-state index contributed by atoms with van der Waals surface area (Å²) in [5.74, 6) is 1.42. The molecule has 4 nitrogen and oxygen atoms in total. The summed E-state index contributed by atoms with van der Waals surface area (Å²) in [5.41, 5.74) is 16.3. The van der Waals surface area contributed by atoms with Crippen LogP contribution in [0.1, 0.15) is 18.1 Å². The molecule has 0 spiro atoms. The second-order valence-electron chi connectivity index (χ2n) is 14.0. The van der Waals surface area contributed by atoms with Crippen molar-refractivity contribution < 1.29 is 0 Å². The smallest absolute Gasteiger partial charge is 0.158 e. The minimum atomic E-state index is 0.674. The van der Waals surface area contributed by atoms with Crippen LogP contribution in [-0.4, -0.2) is 14.5 Å². The Morgan fingerprint density at radius 2 is 0.964 bits per heavy atom. The molecule has 2 aromatic heterocycles. The lowest BCUT2D eigenvalue weighted by atomic mass is 9.80. The van der Waals surface area contributed by atoms with Gasteiger partial charge in [0.25, 0.3) is 0 Å². The van der Waals surface area contributed by atoms with Gasteiger partial charge in [-0.15, -0.1) is 0 Å². The van der Waals surface area contributed by atoms with Crippen molar-refractivity contribution in [2.75, 3.05) is 5.32 Å². The van der Waals surface area contributed by atoms with E-state index in [1.807, 2.05) is 6.20 Å². The lowest BCUT2D eigenvalue weighted by Crippen LogP contribution is -2.06. The summed E-state index contributed by atoms with van der Waals surface area (Å²) in [7, 11) is 0. The van der Waals surface area contributed by atoms with Crippen molar-refractivity contribution in [3.63, 3.8) is 0 Å². The molecule has 7 aromatic carbocycles. The number of nitrogens with one attached hydrogen (secondary N) is 1. The van der Waals surface area contributed by atoms with Gasteiger partial charge in [0, 0.05) is 22.0 Å². The van der Waals surface area contributed by atoms with Crippen LogP contribution < -0.4 is 5.32 Å². The van der Waals surface area contributed by atoms with Crippen molar-refractivity contribution in [1.82, 2.24) is 14.5 Å². The first-order valence-corrected chi connectivity index (χ1v) is 18.6. The third kappa shape index (κ3) is 5.91. The highest BCUT2D eigenvalue weighted by Gasteiger charge is 2.22. The molecular formula is C51H36N4. The molecule has 1 aliphatic carbocycles. The van der Waals surface area contributed by atoms with Crippen molar-refractivity contribution in [1.29, 1.82) is 0 Å². The fourth-order valence-corrected chi connectivity index (χ4v) is 7.86. The van der Waals surface area contributed by atoms with E-state index in [1.165, 1.54) is 60.9 Å². The first-order valence-electron chi connectivity index (χ1n) is 18.6. The molecule has 0 unspecified atom stereocenters. The Bertz CT molecular complexity index is 2830. The van der Waals surface area contributed by atoms with E-state index < -0.39 is 0 Å². The molecule has 55 heavy (non-hydrogen) atoms. The summed E-state index contributed by atoms with van der Waals surface area (Å²) < 4.78 is 2.24. The van der Waals surface area contributed by atoms with Crippen LogP contribution in [0.25, 0.3) is 72.2 Å². The molecule has 0 saturated carbocycles. The molecule has 9 aromatic rings. The number of allylic oxidation sites excluding steroid dienone is 4. The Morgan fingerprint density at radius 3 is 1.49 bits per heavy atom. The van der Waals surface area contributed by atoms with Gasteiger partial charge in [0.1, 0.15) is 0 Å². The number of rotatable bonds is 8. The number of hydrogen-bond acceptors (Lipinski definition) is 3. The lowest BCUT2D eigenvalue weighted by molar-refractivity contribution is 1.04. The van der Waals surface area contributed by atoms with Crippen LogP contribution in [0.2, 0.25) is 0 Å². The molecule has 0 amide bonds. The average molecular weight is 705 g/mol. The molecule has 0 atom stereocenters. The van der Waals surface area contributed by atoms with Gasteiger partial charge in [-0.3, -0.25) is 9.55 Å². The lowest BCUT2D eigenvalue weighted by Gasteiger charge is -2.25. The first-order chi connectivity index (χ1) is 27.2. The second-order valence-corrected chi connectivity index (χ2v) is 14.0. The fraction of sp³-hybridized carbons (Fsp3) is 0.0196. The number of benzene rings is 7. The predicted octanol–water partition coefficient (Wildman–Crippen LogP) is 13.2. The normalized spacial score (nSPS) is 12.5. The van der Waals surface area contributed by atoms with Gasteiger partial charge in [0.05, 0.1) is 23.4 Å². The van der Waals surface area contributed by atoms with Crippen molar-refractivity contribution in [2.45, 2.75) is 6.92 Å². The number of aromatic nitrogens is 3. The monoisotopic (exact) mass is 704 g/mol. The summed E-state index contributed by atoms with van der Waals surface area (Å²) in [5, 5.41) is 6.02. The molecule has 2 heterocycles. The Morgan fingerprint density at radius 1 is 0.473 bits per heavy atom. The summed E-state index contributed by atoms with van der Waals surface area (Å²) in [6.45, 7) is 2.21. The van der Waals surface area contributed by atoms with Gasteiger partial charge in [-0.25, -0.2) is 4.98 Å². The zero-order valence-electron chi connectivity index (χ0n) is 30.3. The second kappa shape index (κ2) is 13.6. The van der Waals surface area contributed by atoms with Crippen LogP contribution >= 0.6 is 0 Å². The van der Waals surface area contributed by atoms with Gasteiger partial charge >= 0.3 is 0 Å². The van der Waals surface area contributed by atoms with Crippen molar-refractivity contribution >= 4 is 44.5 Å². The van der Waals surface area contributed by atoms with E-state index in [-0.39, 0.29) is 0 Å². The summed E-state index contributed by atoms with van der Waals surface area (Å²) in [6, 6.07) is 62.3. The largest absolute Gasteiger partial charge is 0.338 e. The summed E-state index contributed by atoms with van der Waals surface area (Å²) in [4.78, 5) is 9.99. The van der Waals surface area contributed by atoms with Crippen LogP contribution in [0, 0.1) is 0 Å². The minimum absolute atomic E-state index is 0.674. The summed E-state index contributed by atoms with van der Waals surface area (Å²) >= 11 is 0. The van der Waals surface area contributed by atoms with Crippen LogP contribution in [0.3, 0.4) is 0 Å². The van der Waals surface area contributed by atoms with E-state index in [0.29, 0.717) is 5.82 Å². The molecule has 0 radical (unpaired) electrons. The van der Waals surface area contributed by atoms with Crippen LogP contribution in [0.15, 0.2) is 200 Å². The number of hydrogen-bond donors (Lipinski definition) is 1. The van der Waals surface area contributed by atoms with Crippen LogP contribution in [0.4, 0.5) is 11.5 Å². The molecule has 260 valence electrons. The van der Waals surface area contributed by atoms with Crippen LogP contribution in [-0.2, 0) is 0 Å². The summed E-state index contributed by atoms with van der Waals surface area (Å²) in [6.07, 6.45) is 5.96. The van der Waals surface area contributed by atoms with E-state index >= 15 is 0 Å². The predicted molar refractivity (Wildman–Crippen MR) is 229 cm³/mol. The topological polar surface area (TPSA) is 42.7 Å². The van der Waals surface area contributed by atoms with E-state index in [1.54, 1.807) is 6.20 Å². The molecule has 4 heteroatoms. The molecule has 0 saturated heterocycles. The van der Waals surface area contributed by atoms with Crippen molar-refractivity contribution in [2.24, 2.45) is 0 Å². The van der Waals surface area contributed by atoms with Crippen molar-refractivity contribution in [3.8, 4) is 39.2 Å². The number of anilines is 2. The maximum absolute atomic E-state index is 5.24. The molecule has 1 N–H and O–H groups in total. The average Bonchev–Trinajstić information content (AvgIpc) is 3.58. The highest BCUT2D eigenvalue weighted by molar-refractivity contribution is 6.12. The minimum Gasteiger partial charge on any atom is -0.338 e. The Kier molecular flexibility index (Phi) is 8.00. The standard InChI is InChI=1S/C51H36N4/c1-34-42(38-20-12-5-13-21-38)31-43(34)44-28-39(35-14-6-2-7-15-35)22-25-47(44)53-50-32-52-33-51(54-50)55-48-26-23-40(36-16-8-3-9-17-36)29-45(48)46-30-41(24-27-49(46)55)37-18-10-4-11-19-37/h2-33H,1H3,(H,53,54). The first kappa shape index (κ1) is 32.4. The molecule has 0 fully saturated rings. The van der Waals surface area contributed by atoms with E-state index in [2.05, 4.69) is 199 Å². The van der Waals surface area contributed by atoms with E-state index in [4.69, 9.17) is 9.97 Å². The van der Waals surface area contributed by atoms with Gasteiger partial charge < -0.3 is 5.32 Å². The Labute approximate surface area is 320 Å². The van der Waals surface area contributed by atoms with Crippen molar-refractivity contribution in [3.05, 3.63) is 211 Å². The number of fused-ring (bicyclic) bond motifs is 3. The third-order valence-electron chi connectivity index (χ3n) is 10.7. The fourth-order valence-electron chi connectivity index (χ4n) is 7.86. The molecular weight excluding hydrogens is 669 g/mol. The van der Waals surface area contributed by atoms with E-state index in [0.717, 1.165) is 33.7 Å². The maximum Gasteiger partial charge on any atom is 0.158 e. The molecule has 10 rings (SSSR count). The van der Waals surface area contributed by atoms with Gasteiger partial charge in [-0.1, -0.05) is 140 Å². The molecule has 1 aliphatic rings.